The first-order chi connectivity index (χ1) is 17.0. The lowest BCUT2D eigenvalue weighted by Gasteiger charge is -2.26. The zero-order chi connectivity index (χ0) is 26.6. The quantitative estimate of drug-likeness (QED) is 0.434. The maximum Gasteiger partial charge on any atom is 0.321 e. The number of carbonyl (C=O) groups excluding carboxylic acids is 2. The monoisotopic (exact) mass is 544 g/mol. The molecule has 2 N–H and O–H groups in total. The molecule has 0 aliphatic carbocycles. The van der Waals surface area contributed by atoms with Crippen molar-refractivity contribution < 1.29 is 35.2 Å². The van der Waals surface area contributed by atoms with Crippen LogP contribution in [0.5, 0.6) is 0 Å². The van der Waals surface area contributed by atoms with Crippen molar-refractivity contribution in [3.8, 4) is 0 Å². The Morgan fingerprint density at radius 1 is 0.861 bits per heavy atom. The van der Waals surface area contributed by atoms with Crippen molar-refractivity contribution in [2.45, 2.75) is 0 Å². The molecule has 0 unspecified atom stereocenters. The minimum Gasteiger partial charge on any atom is -0.322 e. The van der Waals surface area contributed by atoms with Crippen molar-refractivity contribution in [2.75, 3.05) is 54.5 Å². The summed E-state index contributed by atoms with van der Waals surface area (Å²) < 4.78 is 69.5. The van der Waals surface area contributed by atoms with E-state index in [9.17, 15) is 35.2 Å². The van der Waals surface area contributed by atoms with Gasteiger partial charge in [0, 0.05) is 26.2 Å². The number of anilines is 1. The van der Waals surface area contributed by atoms with Crippen LogP contribution in [0, 0.1) is 11.6 Å². The number of sulfone groups is 2. The molecule has 2 heterocycles. The maximum absolute atomic E-state index is 13.3. The van der Waals surface area contributed by atoms with Crippen molar-refractivity contribution in [3.05, 3.63) is 60.2 Å². The van der Waals surface area contributed by atoms with Crippen molar-refractivity contribution in [2.24, 2.45) is 4.99 Å². The number of isocyanates is 1. The van der Waals surface area contributed by atoms with E-state index in [0.29, 0.717) is 24.6 Å². The molecule has 0 saturated carbocycles. The van der Waals surface area contributed by atoms with Gasteiger partial charge in [0.15, 0.2) is 19.7 Å². The van der Waals surface area contributed by atoms with Crippen molar-refractivity contribution in [1.82, 2.24) is 10.2 Å². The summed E-state index contributed by atoms with van der Waals surface area (Å²) in [7, 11) is -5.67. The average molecular weight is 545 g/mol. The predicted octanol–water partition coefficient (Wildman–Crippen LogP) is 1.89. The molecule has 36 heavy (non-hydrogen) atoms. The smallest absolute Gasteiger partial charge is 0.321 e. The Morgan fingerprint density at radius 2 is 1.39 bits per heavy atom. The minimum absolute atomic E-state index is 0.0255. The number of rotatable bonds is 2. The molecule has 0 bridgehead atoms. The Hall–Kier alpha value is -3.19. The average Bonchev–Trinajstić information content (AvgIpc) is 2.83. The van der Waals surface area contributed by atoms with Gasteiger partial charge in [0.1, 0.15) is 17.3 Å². The predicted molar refractivity (Wildman–Crippen MR) is 131 cm³/mol. The molecule has 2 aliphatic heterocycles. The highest BCUT2D eigenvalue weighted by molar-refractivity contribution is 7.91. The van der Waals surface area contributed by atoms with E-state index in [4.69, 9.17) is 0 Å². The number of carbonyl (C=O) groups is 1. The fraction of sp³-hybridized carbons (Fsp3) is 0.364. The second kappa shape index (κ2) is 13.8. The van der Waals surface area contributed by atoms with Crippen molar-refractivity contribution in [3.63, 3.8) is 0 Å². The maximum atomic E-state index is 13.3. The lowest BCUT2D eigenvalue weighted by atomic mass is 10.3. The molecule has 10 nitrogen and oxygen atoms in total. The fourth-order valence-electron chi connectivity index (χ4n) is 2.95. The van der Waals surface area contributed by atoms with Gasteiger partial charge in [-0.25, -0.2) is 35.2 Å². The highest BCUT2D eigenvalue weighted by Crippen LogP contribution is 2.15. The summed E-state index contributed by atoms with van der Waals surface area (Å²) in [6, 6.07) is 11.1. The third-order valence-electron chi connectivity index (χ3n) is 4.95. The third-order valence-corrected chi connectivity index (χ3v) is 8.21. The number of halogens is 2. The number of hydrogen-bond acceptors (Lipinski definition) is 8. The van der Waals surface area contributed by atoms with Gasteiger partial charge in [-0.1, -0.05) is 24.3 Å². The van der Waals surface area contributed by atoms with Crippen LogP contribution in [-0.4, -0.2) is 83.0 Å². The Bertz CT molecular complexity index is 1270. The molecule has 196 valence electrons. The van der Waals surface area contributed by atoms with Crippen LogP contribution in [0.15, 0.2) is 53.5 Å². The summed E-state index contributed by atoms with van der Waals surface area (Å²) in [5, 5.41) is 5.39. The van der Waals surface area contributed by atoms with Crippen molar-refractivity contribution >= 4 is 43.2 Å². The molecule has 2 amide bonds. The number of para-hydroxylation sites is 2. The first kappa shape index (κ1) is 29.0. The molecular weight excluding hydrogens is 518 g/mol. The number of nitrogens with one attached hydrogen (secondary N) is 2. The highest BCUT2D eigenvalue weighted by atomic mass is 32.2. The van der Waals surface area contributed by atoms with Gasteiger partial charge in [-0.15, -0.1) is 0 Å². The van der Waals surface area contributed by atoms with Crippen LogP contribution in [0.25, 0.3) is 0 Å². The van der Waals surface area contributed by atoms with Crippen LogP contribution in [0.3, 0.4) is 0 Å². The molecule has 0 atom stereocenters. The molecule has 2 fully saturated rings. The molecule has 2 aromatic carbocycles. The van der Waals surface area contributed by atoms with E-state index in [2.05, 4.69) is 15.6 Å². The van der Waals surface area contributed by atoms with Crippen molar-refractivity contribution in [1.29, 1.82) is 0 Å². The van der Waals surface area contributed by atoms with Crippen LogP contribution in [0.4, 0.5) is 25.0 Å². The molecule has 14 heteroatoms. The summed E-state index contributed by atoms with van der Waals surface area (Å²) in [5.41, 5.74) is 0.119. The second-order valence-corrected chi connectivity index (χ2v) is 12.2. The van der Waals surface area contributed by atoms with E-state index >= 15 is 0 Å². The lowest BCUT2D eigenvalue weighted by Crippen LogP contribution is -2.45. The summed E-state index contributed by atoms with van der Waals surface area (Å²) >= 11 is 0. The van der Waals surface area contributed by atoms with E-state index in [1.165, 1.54) is 47.4 Å². The highest BCUT2D eigenvalue weighted by Gasteiger charge is 2.25. The summed E-state index contributed by atoms with van der Waals surface area (Å²) in [6.45, 7) is 1.54. The van der Waals surface area contributed by atoms with Gasteiger partial charge in [0.2, 0.25) is 6.08 Å². The van der Waals surface area contributed by atoms with Gasteiger partial charge in [-0.3, -0.25) is 0 Å². The molecule has 0 radical (unpaired) electrons. The van der Waals surface area contributed by atoms with Crippen LogP contribution >= 0.6 is 0 Å². The Kier molecular flexibility index (Phi) is 11.1. The second-order valence-electron chi connectivity index (χ2n) is 7.61. The zero-order valence-electron chi connectivity index (χ0n) is 19.2. The fourth-order valence-corrected chi connectivity index (χ4v) is 5.26. The normalized spacial score (nSPS) is 17.7. The van der Waals surface area contributed by atoms with Gasteiger partial charge in [-0.05, 0) is 24.3 Å². The lowest BCUT2D eigenvalue weighted by molar-refractivity contribution is 0.216. The van der Waals surface area contributed by atoms with Crippen LogP contribution in [0.2, 0.25) is 0 Å². The molecular formula is C22H26F2N4O6S2. The molecule has 0 aromatic heterocycles. The van der Waals surface area contributed by atoms with Crippen LogP contribution < -0.4 is 10.6 Å². The van der Waals surface area contributed by atoms with Gasteiger partial charge >= 0.3 is 6.03 Å². The number of urea groups is 1. The molecule has 2 saturated heterocycles. The Morgan fingerprint density at radius 3 is 1.89 bits per heavy atom. The molecule has 4 rings (SSSR count). The van der Waals surface area contributed by atoms with E-state index in [1.807, 2.05) is 0 Å². The number of aliphatic imine (C=N–C) groups is 1. The third kappa shape index (κ3) is 10.2. The van der Waals surface area contributed by atoms with E-state index < -0.39 is 37.3 Å². The number of benzene rings is 2. The first-order valence-corrected chi connectivity index (χ1v) is 14.4. The summed E-state index contributed by atoms with van der Waals surface area (Å²) in [6.07, 6.45) is 1.26. The Labute approximate surface area is 208 Å². The SMILES string of the molecule is O=C(Nc1ccccc1F)N1CCS(=O)(=O)CC1.O=C=Nc1ccccc1F.O=S1(=O)CCNCC1. The number of hydrogen-bond donors (Lipinski definition) is 2. The molecule has 2 aliphatic rings. The molecule has 2 aromatic rings. The minimum atomic E-state index is -3.03. The van der Waals surface area contributed by atoms with Crippen LogP contribution in [-0.2, 0) is 24.5 Å². The summed E-state index contributed by atoms with van der Waals surface area (Å²) in [4.78, 5) is 25.9. The standard InChI is InChI=1S/C11H13FN2O3S.C7H4FNO.C4H9NO2S/c12-9-3-1-2-4-10(9)13-11(15)14-5-7-18(16,17)8-6-14;8-6-3-1-2-4-7(6)9-5-10;6-8(7)3-1-5-2-4-8/h1-4H,5-8H2,(H,13,15);1-4H;5H,1-4H2. The van der Waals surface area contributed by atoms with E-state index in [1.54, 1.807) is 12.1 Å². The zero-order valence-corrected chi connectivity index (χ0v) is 20.8. The Balaban J connectivity index is 0.000000213. The topological polar surface area (TPSA) is 142 Å². The largest absolute Gasteiger partial charge is 0.322 e. The van der Waals surface area contributed by atoms with E-state index in [0.717, 1.165) is 0 Å². The van der Waals surface area contributed by atoms with E-state index in [-0.39, 0.29) is 36.0 Å². The van der Waals surface area contributed by atoms with Gasteiger partial charge < -0.3 is 15.5 Å². The molecule has 0 spiro atoms. The summed E-state index contributed by atoms with van der Waals surface area (Å²) in [5.74, 6) is -0.489. The van der Waals surface area contributed by atoms with Gasteiger partial charge in [0.05, 0.1) is 28.7 Å². The number of amides is 2. The van der Waals surface area contributed by atoms with Gasteiger partial charge in [0.25, 0.3) is 0 Å². The van der Waals surface area contributed by atoms with Crippen LogP contribution in [0.1, 0.15) is 0 Å². The van der Waals surface area contributed by atoms with Gasteiger partial charge in [-0.2, -0.15) is 4.99 Å². The number of nitrogens with zero attached hydrogens (tertiary/aromatic N) is 2. The first-order valence-electron chi connectivity index (χ1n) is 10.8.